The zero-order chi connectivity index (χ0) is 14.5. The van der Waals surface area contributed by atoms with Crippen LogP contribution in [0.1, 0.15) is 17.2 Å². The van der Waals surface area contributed by atoms with E-state index in [2.05, 4.69) is 21.4 Å². The van der Waals surface area contributed by atoms with Gasteiger partial charge in [0.15, 0.2) is 0 Å². The summed E-state index contributed by atoms with van der Waals surface area (Å²) in [5, 5.41) is 0.672. The minimum Gasteiger partial charge on any atom is -0.496 e. The Hall–Kier alpha value is -1.07. The van der Waals surface area contributed by atoms with Gasteiger partial charge in [-0.25, -0.2) is 0 Å². The van der Waals surface area contributed by atoms with Crippen molar-refractivity contribution < 1.29 is 4.74 Å². The third-order valence-corrected chi connectivity index (χ3v) is 4.49. The molecule has 0 spiro atoms. The second-order valence-corrected chi connectivity index (χ2v) is 5.61. The first-order valence-electron chi connectivity index (χ1n) is 6.19. The highest BCUT2D eigenvalue weighted by Gasteiger charge is 2.17. The summed E-state index contributed by atoms with van der Waals surface area (Å²) in [6, 6.07) is 13.6. The first kappa shape index (κ1) is 15.3. The van der Waals surface area contributed by atoms with Gasteiger partial charge in [0.1, 0.15) is 5.75 Å². The maximum Gasteiger partial charge on any atom is 0.122 e. The highest BCUT2D eigenvalue weighted by Crippen LogP contribution is 2.32. The molecule has 0 aliphatic heterocycles. The van der Waals surface area contributed by atoms with Crippen LogP contribution in [0.25, 0.3) is 0 Å². The van der Waals surface area contributed by atoms with Crippen molar-refractivity contribution >= 4 is 27.5 Å². The molecular formula is C15H16BrClN2O. The lowest BCUT2D eigenvalue weighted by Crippen LogP contribution is -2.30. The third kappa shape index (κ3) is 3.33. The molecule has 5 heteroatoms. The standard InChI is InChI=1S/C15H16BrClN2O/c1-20-14-8-3-2-5-10(14)9-13(19-18)11-6-4-7-12(16)15(11)17/h2-8,13,19H,9,18H2,1H3. The molecule has 0 saturated carbocycles. The van der Waals surface area contributed by atoms with E-state index in [1.54, 1.807) is 7.11 Å². The van der Waals surface area contributed by atoms with Crippen LogP contribution >= 0.6 is 27.5 Å². The molecule has 1 atom stereocenters. The van der Waals surface area contributed by atoms with Crippen molar-refractivity contribution in [3.05, 3.63) is 63.1 Å². The lowest BCUT2D eigenvalue weighted by molar-refractivity contribution is 0.405. The van der Waals surface area contributed by atoms with E-state index in [1.165, 1.54) is 0 Å². The number of rotatable bonds is 5. The van der Waals surface area contributed by atoms with E-state index >= 15 is 0 Å². The molecule has 0 aliphatic carbocycles. The van der Waals surface area contributed by atoms with Crippen LogP contribution in [-0.2, 0) is 6.42 Å². The van der Waals surface area contributed by atoms with E-state index in [1.807, 2.05) is 42.5 Å². The summed E-state index contributed by atoms with van der Waals surface area (Å²) in [6.45, 7) is 0. The Labute approximate surface area is 132 Å². The number of ether oxygens (including phenoxy) is 1. The SMILES string of the molecule is COc1ccccc1CC(NN)c1cccc(Br)c1Cl. The summed E-state index contributed by atoms with van der Waals surface area (Å²) in [6.07, 6.45) is 0.691. The Balaban J connectivity index is 2.31. The molecule has 0 saturated heterocycles. The molecule has 20 heavy (non-hydrogen) atoms. The minimum atomic E-state index is -0.0868. The first-order valence-corrected chi connectivity index (χ1v) is 7.36. The number of hydrogen-bond acceptors (Lipinski definition) is 3. The van der Waals surface area contributed by atoms with Gasteiger partial charge in [0.25, 0.3) is 0 Å². The Morgan fingerprint density at radius 2 is 2.00 bits per heavy atom. The highest BCUT2D eigenvalue weighted by atomic mass is 79.9. The van der Waals surface area contributed by atoms with Crippen LogP contribution < -0.4 is 16.0 Å². The lowest BCUT2D eigenvalue weighted by atomic mass is 9.99. The van der Waals surface area contributed by atoms with Gasteiger partial charge in [-0.3, -0.25) is 11.3 Å². The molecule has 0 aromatic heterocycles. The molecule has 0 aliphatic rings. The summed E-state index contributed by atoms with van der Waals surface area (Å²) in [4.78, 5) is 0. The van der Waals surface area contributed by atoms with Gasteiger partial charge in [0, 0.05) is 4.47 Å². The Bertz CT molecular complexity index is 592. The first-order chi connectivity index (χ1) is 9.67. The van der Waals surface area contributed by atoms with Gasteiger partial charge < -0.3 is 4.74 Å². The van der Waals surface area contributed by atoms with E-state index in [0.29, 0.717) is 11.4 Å². The van der Waals surface area contributed by atoms with Crippen LogP contribution in [0.3, 0.4) is 0 Å². The molecule has 1 unspecified atom stereocenters. The quantitative estimate of drug-likeness (QED) is 0.632. The Kier molecular flexibility index (Phi) is 5.43. The average molecular weight is 356 g/mol. The molecule has 0 radical (unpaired) electrons. The van der Waals surface area contributed by atoms with E-state index in [-0.39, 0.29) is 6.04 Å². The lowest BCUT2D eigenvalue weighted by Gasteiger charge is -2.19. The number of halogens is 2. The Morgan fingerprint density at radius 3 is 2.70 bits per heavy atom. The second-order valence-electron chi connectivity index (χ2n) is 4.38. The summed E-state index contributed by atoms with van der Waals surface area (Å²) >= 11 is 9.76. The monoisotopic (exact) mass is 354 g/mol. The molecular weight excluding hydrogens is 340 g/mol. The van der Waals surface area contributed by atoms with Crippen LogP contribution in [0.15, 0.2) is 46.9 Å². The minimum absolute atomic E-state index is 0.0868. The van der Waals surface area contributed by atoms with Gasteiger partial charge in [-0.15, -0.1) is 0 Å². The van der Waals surface area contributed by atoms with Crippen molar-refractivity contribution in [1.29, 1.82) is 0 Å². The van der Waals surface area contributed by atoms with E-state index < -0.39 is 0 Å². The molecule has 3 N–H and O–H groups in total. The van der Waals surface area contributed by atoms with Crippen LogP contribution in [0, 0.1) is 0 Å². The zero-order valence-electron chi connectivity index (χ0n) is 11.1. The number of hydrazine groups is 1. The number of nitrogens with one attached hydrogen (secondary N) is 1. The van der Waals surface area contributed by atoms with Crippen molar-refractivity contribution in [1.82, 2.24) is 5.43 Å². The predicted octanol–water partition coefficient (Wildman–Crippen LogP) is 3.86. The van der Waals surface area contributed by atoms with Crippen molar-refractivity contribution in [3.63, 3.8) is 0 Å². The molecule has 2 aromatic carbocycles. The maximum absolute atomic E-state index is 6.33. The molecule has 3 nitrogen and oxygen atoms in total. The second kappa shape index (κ2) is 7.09. The normalized spacial score (nSPS) is 12.2. The summed E-state index contributed by atoms with van der Waals surface area (Å²) in [5.41, 5.74) is 4.86. The van der Waals surface area contributed by atoms with Crippen LogP contribution in [0.4, 0.5) is 0 Å². The van der Waals surface area contributed by atoms with Gasteiger partial charge in [0.2, 0.25) is 0 Å². The molecule has 106 valence electrons. The van der Waals surface area contributed by atoms with Gasteiger partial charge in [0.05, 0.1) is 18.2 Å². The average Bonchev–Trinajstić information content (AvgIpc) is 2.48. The summed E-state index contributed by atoms with van der Waals surface area (Å²) in [7, 11) is 1.66. The molecule has 0 amide bonds. The topological polar surface area (TPSA) is 47.3 Å². The van der Waals surface area contributed by atoms with E-state index in [0.717, 1.165) is 21.3 Å². The van der Waals surface area contributed by atoms with Gasteiger partial charge >= 0.3 is 0 Å². The number of benzene rings is 2. The fraction of sp³-hybridized carbons (Fsp3) is 0.200. The molecule has 0 fully saturated rings. The van der Waals surface area contributed by atoms with Crippen molar-refractivity contribution in [3.8, 4) is 5.75 Å². The number of methoxy groups -OCH3 is 1. The third-order valence-electron chi connectivity index (χ3n) is 3.17. The van der Waals surface area contributed by atoms with Gasteiger partial charge in [-0.2, -0.15) is 0 Å². The van der Waals surface area contributed by atoms with E-state index in [4.69, 9.17) is 22.2 Å². The van der Waals surface area contributed by atoms with Crippen LogP contribution in [0.5, 0.6) is 5.75 Å². The van der Waals surface area contributed by atoms with Gasteiger partial charge in [-0.1, -0.05) is 41.9 Å². The van der Waals surface area contributed by atoms with E-state index in [9.17, 15) is 0 Å². The maximum atomic E-state index is 6.33. The molecule has 2 rings (SSSR count). The zero-order valence-corrected chi connectivity index (χ0v) is 13.4. The number of nitrogens with two attached hydrogens (primary N) is 1. The number of hydrogen-bond donors (Lipinski definition) is 2. The molecule has 2 aromatic rings. The smallest absolute Gasteiger partial charge is 0.122 e. The number of para-hydroxylation sites is 1. The van der Waals surface area contributed by atoms with Crippen molar-refractivity contribution in [2.75, 3.05) is 7.11 Å². The fourth-order valence-corrected chi connectivity index (χ4v) is 2.78. The van der Waals surface area contributed by atoms with Gasteiger partial charge in [-0.05, 0) is 45.6 Å². The predicted molar refractivity (Wildman–Crippen MR) is 85.9 cm³/mol. The molecule has 0 bridgehead atoms. The summed E-state index contributed by atoms with van der Waals surface area (Å²) < 4.78 is 6.23. The fourth-order valence-electron chi connectivity index (χ4n) is 2.14. The van der Waals surface area contributed by atoms with Crippen LogP contribution in [-0.4, -0.2) is 7.11 Å². The largest absolute Gasteiger partial charge is 0.496 e. The van der Waals surface area contributed by atoms with Crippen molar-refractivity contribution in [2.45, 2.75) is 12.5 Å². The summed E-state index contributed by atoms with van der Waals surface area (Å²) in [5.74, 6) is 6.54. The van der Waals surface area contributed by atoms with Crippen molar-refractivity contribution in [2.24, 2.45) is 5.84 Å². The highest BCUT2D eigenvalue weighted by molar-refractivity contribution is 9.10. The Morgan fingerprint density at radius 1 is 1.25 bits per heavy atom. The van der Waals surface area contributed by atoms with Crippen LogP contribution in [0.2, 0.25) is 5.02 Å². The molecule has 0 heterocycles.